The number of benzene rings is 1. The average Bonchev–Trinajstić information content (AvgIpc) is 2.29. The molecule has 1 heterocycles. The number of hydrogen-bond donors (Lipinski definition) is 1. The quantitative estimate of drug-likeness (QED) is 0.914. The van der Waals surface area contributed by atoms with Crippen molar-refractivity contribution in [3.63, 3.8) is 0 Å². The zero-order valence-corrected chi connectivity index (χ0v) is 10.9. The van der Waals surface area contributed by atoms with Gasteiger partial charge in [-0.05, 0) is 43.0 Å². The normalized spacial score (nSPS) is 19.3. The van der Waals surface area contributed by atoms with Crippen LogP contribution in [-0.2, 0) is 11.3 Å². The van der Waals surface area contributed by atoms with Crippen LogP contribution in [-0.4, -0.2) is 19.7 Å². The lowest BCUT2D eigenvalue weighted by Crippen LogP contribution is -2.32. The van der Waals surface area contributed by atoms with Crippen molar-refractivity contribution >= 4 is 12.4 Å². The first-order chi connectivity index (χ1) is 8.24. The minimum Gasteiger partial charge on any atom is -0.376 e. The molecule has 1 aromatic carbocycles. The third-order valence-corrected chi connectivity index (χ3v) is 2.94. The fourth-order valence-corrected chi connectivity index (χ4v) is 2.10. The molecule has 1 atom stereocenters. The summed E-state index contributed by atoms with van der Waals surface area (Å²) in [7, 11) is 0. The summed E-state index contributed by atoms with van der Waals surface area (Å²) in [5, 5.41) is 3.30. The third-order valence-electron chi connectivity index (χ3n) is 2.94. The van der Waals surface area contributed by atoms with Gasteiger partial charge in [0.1, 0.15) is 11.6 Å². The van der Waals surface area contributed by atoms with Gasteiger partial charge in [0.25, 0.3) is 0 Å². The fraction of sp³-hybridized carbons (Fsp3) is 0.538. The SMILES string of the molecule is Cl.Fc1cc(F)cc(COCC2CCCNC2)c1. The maximum Gasteiger partial charge on any atom is 0.126 e. The number of nitrogens with one attached hydrogen (secondary N) is 1. The highest BCUT2D eigenvalue weighted by atomic mass is 35.5. The molecule has 1 aliphatic heterocycles. The van der Waals surface area contributed by atoms with Gasteiger partial charge in [0.15, 0.2) is 0 Å². The van der Waals surface area contributed by atoms with E-state index in [1.165, 1.54) is 18.6 Å². The zero-order chi connectivity index (χ0) is 12.1. The Morgan fingerprint density at radius 2 is 1.94 bits per heavy atom. The molecular weight excluding hydrogens is 260 g/mol. The van der Waals surface area contributed by atoms with Crippen molar-refractivity contribution in [2.24, 2.45) is 5.92 Å². The monoisotopic (exact) mass is 277 g/mol. The van der Waals surface area contributed by atoms with E-state index in [-0.39, 0.29) is 19.0 Å². The predicted molar refractivity (Wildman–Crippen MR) is 68.9 cm³/mol. The van der Waals surface area contributed by atoms with Crippen molar-refractivity contribution in [3.8, 4) is 0 Å². The predicted octanol–water partition coefficient (Wildman–Crippen LogP) is 2.90. The Morgan fingerprint density at radius 3 is 2.56 bits per heavy atom. The van der Waals surface area contributed by atoms with E-state index in [1.807, 2.05) is 0 Å². The zero-order valence-electron chi connectivity index (χ0n) is 10.1. The smallest absolute Gasteiger partial charge is 0.126 e. The van der Waals surface area contributed by atoms with E-state index in [2.05, 4.69) is 5.32 Å². The Morgan fingerprint density at radius 1 is 1.22 bits per heavy atom. The molecule has 2 rings (SSSR count). The summed E-state index contributed by atoms with van der Waals surface area (Å²) in [6.45, 7) is 2.96. The van der Waals surface area contributed by atoms with Crippen LogP contribution in [0.5, 0.6) is 0 Å². The Balaban J connectivity index is 0.00000162. The van der Waals surface area contributed by atoms with Crippen LogP contribution < -0.4 is 5.32 Å². The van der Waals surface area contributed by atoms with E-state index in [0.29, 0.717) is 18.1 Å². The molecule has 0 spiro atoms. The van der Waals surface area contributed by atoms with E-state index in [9.17, 15) is 8.78 Å². The van der Waals surface area contributed by atoms with Crippen LogP contribution in [0, 0.1) is 17.6 Å². The van der Waals surface area contributed by atoms with E-state index in [4.69, 9.17) is 4.74 Å². The van der Waals surface area contributed by atoms with Crippen molar-refractivity contribution in [1.82, 2.24) is 5.32 Å². The van der Waals surface area contributed by atoms with Crippen LogP contribution in [0.15, 0.2) is 18.2 Å². The van der Waals surface area contributed by atoms with E-state index >= 15 is 0 Å². The average molecular weight is 278 g/mol. The minimum atomic E-state index is -0.553. The second-order valence-electron chi connectivity index (χ2n) is 4.51. The molecule has 0 bridgehead atoms. The van der Waals surface area contributed by atoms with Gasteiger partial charge < -0.3 is 10.1 Å². The number of rotatable bonds is 4. The van der Waals surface area contributed by atoms with Crippen LogP contribution in [0.3, 0.4) is 0 Å². The second kappa shape index (κ2) is 7.67. The molecule has 1 aromatic rings. The molecule has 2 nitrogen and oxygen atoms in total. The van der Waals surface area contributed by atoms with Gasteiger partial charge in [-0.25, -0.2) is 8.78 Å². The highest BCUT2D eigenvalue weighted by Gasteiger charge is 2.12. The van der Waals surface area contributed by atoms with Crippen LogP contribution >= 0.6 is 12.4 Å². The van der Waals surface area contributed by atoms with Crippen molar-refractivity contribution < 1.29 is 13.5 Å². The molecule has 0 radical (unpaired) electrons. The Hall–Kier alpha value is -0.710. The van der Waals surface area contributed by atoms with Crippen molar-refractivity contribution in [2.45, 2.75) is 19.4 Å². The molecule has 1 unspecified atom stereocenters. The van der Waals surface area contributed by atoms with Crippen LogP contribution in [0.25, 0.3) is 0 Å². The standard InChI is InChI=1S/C13H17F2NO.ClH/c14-12-4-11(5-13(15)6-12)9-17-8-10-2-1-3-16-7-10;/h4-6,10,16H,1-3,7-9H2;1H. The first-order valence-electron chi connectivity index (χ1n) is 5.97. The van der Waals surface area contributed by atoms with Gasteiger partial charge in [-0.3, -0.25) is 0 Å². The molecule has 0 aliphatic carbocycles. The molecule has 5 heteroatoms. The van der Waals surface area contributed by atoms with Crippen LogP contribution in [0.4, 0.5) is 8.78 Å². The highest BCUT2D eigenvalue weighted by molar-refractivity contribution is 5.85. The fourth-order valence-electron chi connectivity index (χ4n) is 2.10. The topological polar surface area (TPSA) is 21.3 Å². The van der Waals surface area contributed by atoms with E-state index in [0.717, 1.165) is 25.6 Å². The number of ether oxygens (including phenoxy) is 1. The van der Waals surface area contributed by atoms with Gasteiger partial charge in [-0.2, -0.15) is 0 Å². The second-order valence-corrected chi connectivity index (χ2v) is 4.51. The van der Waals surface area contributed by atoms with Gasteiger partial charge in [-0.15, -0.1) is 12.4 Å². The Labute approximate surface area is 112 Å². The van der Waals surface area contributed by atoms with Crippen LogP contribution in [0.1, 0.15) is 18.4 Å². The first kappa shape index (κ1) is 15.3. The maximum absolute atomic E-state index is 12.9. The van der Waals surface area contributed by atoms with Crippen LogP contribution in [0.2, 0.25) is 0 Å². The van der Waals surface area contributed by atoms with Gasteiger partial charge in [-0.1, -0.05) is 0 Å². The summed E-state index contributed by atoms with van der Waals surface area (Å²) in [5.74, 6) is -0.590. The highest BCUT2D eigenvalue weighted by Crippen LogP contribution is 2.13. The maximum atomic E-state index is 12.9. The number of piperidine rings is 1. The molecule has 1 saturated heterocycles. The lowest BCUT2D eigenvalue weighted by Gasteiger charge is -2.22. The summed E-state index contributed by atoms with van der Waals surface area (Å²) in [6, 6.07) is 3.49. The summed E-state index contributed by atoms with van der Waals surface area (Å²) in [5.41, 5.74) is 0.547. The van der Waals surface area contributed by atoms with Crippen molar-refractivity contribution in [3.05, 3.63) is 35.4 Å². The van der Waals surface area contributed by atoms with Gasteiger partial charge in [0.2, 0.25) is 0 Å². The third kappa shape index (κ3) is 4.88. The summed E-state index contributed by atoms with van der Waals surface area (Å²) < 4.78 is 31.3. The number of halogens is 3. The van der Waals surface area contributed by atoms with Gasteiger partial charge in [0, 0.05) is 12.6 Å². The molecule has 0 saturated carbocycles. The molecule has 0 aromatic heterocycles. The Kier molecular flexibility index (Phi) is 6.54. The molecule has 18 heavy (non-hydrogen) atoms. The molecule has 1 aliphatic rings. The minimum absolute atomic E-state index is 0. The van der Waals surface area contributed by atoms with Gasteiger partial charge in [0.05, 0.1) is 13.2 Å². The molecule has 1 fully saturated rings. The largest absolute Gasteiger partial charge is 0.376 e. The lowest BCUT2D eigenvalue weighted by molar-refractivity contribution is 0.0780. The first-order valence-corrected chi connectivity index (χ1v) is 5.97. The Bertz CT molecular complexity index is 350. The lowest BCUT2D eigenvalue weighted by atomic mass is 10.0. The van der Waals surface area contributed by atoms with Crippen molar-refractivity contribution in [1.29, 1.82) is 0 Å². The summed E-state index contributed by atoms with van der Waals surface area (Å²) in [6.07, 6.45) is 2.33. The van der Waals surface area contributed by atoms with E-state index < -0.39 is 11.6 Å². The molecule has 102 valence electrons. The van der Waals surface area contributed by atoms with Gasteiger partial charge >= 0.3 is 0 Å². The molecule has 1 N–H and O–H groups in total. The summed E-state index contributed by atoms with van der Waals surface area (Å²) >= 11 is 0. The molecule has 0 amide bonds. The molecular formula is C13H18ClF2NO. The summed E-state index contributed by atoms with van der Waals surface area (Å²) in [4.78, 5) is 0. The van der Waals surface area contributed by atoms with E-state index in [1.54, 1.807) is 0 Å². The van der Waals surface area contributed by atoms with Crippen molar-refractivity contribution in [2.75, 3.05) is 19.7 Å². The number of hydrogen-bond acceptors (Lipinski definition) is 2.